The number of benzene rings is 1. The minimum Gasteiger partial charge on any atom is -0.404 e. The number of nitrogens with one attached hydrogen (secondary N) is 1. The first-order valence-corrected chi connectivity index (χ1v) is 10.0. The van der Waals surface area contributed by atoms with Gasteiger partial charge in [-0.2, -0.15) is 0 Å². The van der Waals surface area contributed by atoms with Crippen molar-refractivity contribution in [2.24, 2.45) is 16.5 Å². The van der Waals surface area contributed by atoms with Crippen molar-refractivity contribution in [3.05, 3.63) is 53.0 Å². The molecule has 2 aliphatic heterocycles. The number of anilines is 1. The number of nitrogens with two attached hydrogens (primary N) is 2. The fourth-order valence-electron chi connectivity index (χ4n) is 4.31. The molecule has 1 aromatic rings. The normalized spacial score (nSPS) is 21.7. The second-order valence-electron chi connectivity index (χ2n) is 8.05. The Bertz CT molecular complexity index is 803. The maximum atomic E-state index is 14.9. The lowest BCUT2D eigenvalue weighted by molar-refractivity contribution is 0.171. The molecule has 28 heavy (non-hydrogen) atoms. The first kappa shape index (κ1) is 20.4. The minimum absolute atomic E-state index is 0.0671. The van der Waals surface area contributed by atoms with Crippen molar-refractivity contribution in [3.63, 3.8) is 0 Å². The van der Waals surface area contributed by atoms with Gasteiger partial charge in [-0.3, -0.25) is 4.99 Å². The zero-order valence-electron chi connectivity index (χ0n) is 17.1. The molecule has 5 N–H and O–H groups in total. The largest absolute Gasteiger partial charge is 0.404 e. The van der Waals surface area contributed by atoms with Crippen molar-refractivity contribution in [2.45, 2.75) is 51.1 Å². The van der Waals surface area contributed by atoms with Crippen molar-refractivity contribution < 1.29 is 4.39 Å². The summed E-state index contributed by atoms with van der Waals surface area (Å²) in [7, 11) is 1.62. The van der Waals surface area contributed by atoms with E-state index in [4.69, 9.17) is 11.5 Å². The molecule has 3 rings (SSSR count). The van der Waals surface area contributed by atoms with E-state index in [0.29, 0.717) is 17.5 Å². The van der Waals surface area contributed by atoms with Gasteiger partial charge in [-0.05, 0) is 74.9 Å². The molecule has 0 aromatic heterocycles. The van der Waals surface area contributed by atoms with Crippen LogP contribution in [-0.4, -0.2) is 43.0 Å². The molecule has 5 nitrogen and oxygen atoms in total. The van der Waals surface area contributed by atoms with Crippen LogP contribution in [0, 0.1) is 5.82 Å². The van der Waals surface area contributed by atoms with E-state index in [1.807, 2.05) is 6.07 Å². The molecule has 2 aliphatic rings. The highest BCUT2D eigenvalue weighted by molar-refractivity contribution is 6.01. The Labute approximate surface area is 167 Å². The van der Waals surface area contributed by atoms with Crippen LogP contribution in [0.2, 0.25) is 0 Å². The Kier molecular flexibility index (Phi) is 6.08. The lowest BCUT2D eigenvalue weighted by atomic mass is 9.87. The van der Waals surface area contributed by atoms with Gasteiger partial charge >= 0.3 is 0 Å². The summed E-state index contributed by atoms with van der Waals surface area (Å²) in [6.07, 6.45) is 4.17. The quantitative estimate of drug-likeness (QED) is 0.413. The van der Waals surface area contributed by atoms with Gasteiger partial charge < -0.3 is 21.7 Å². The van der Waals surface area contributed by atoms with Gasteiger partial charge in [0.1, 0.15) is 11.7 Å². The number of halogens is 1. The van der Waals surface area contributed by atoms with E-state index in [0.717, 1.165) is 54.7 Å². The van der Waals surface area contributed by atoms with Gasteiger partial charge in [-0.25, -0.2) is 4.39 Å². The average Bonchev–Trinajstić information content (AvgIpc) is 3.10. The number of hydrogen-bond donors (Lipinski definition) is 3. The topological polar surface area (TPSA) is 79.7 Å². The Balaban J connectivity index is 1.76. The van der Waals surface area contributed by atoms with Gasteiger partial charge in [0.05, 0.1) is 6.04 Å². The SMILES string of the molecule is C=C(C(=CN)C(N)=NC)C1Cc2cc(C3CCN(C(C)C)CC3)c(F)cc2N1. The predicted molar refractivity (Wildman–Crippen MR) is 115 cm³/mol. The predicted octanol–water partition coefficient (Wildman–Crippen LogP) is 3.14. The summed E-state index contributed by atoms with van der Waals surface area (Å²) in [6.45, 7) is 10.6. The van der Waals surface area contributed by atoms with Crippen molar-refractivity contribution in [2.75, 3.05) is 25.5 Å². The smallest absolute Gasteiger partial charge is 0.128 e. The highest BCUT2D eigenvalue weighted by Crippen LogP contribution is 2.37. The molecule has 1 unspecified atom stereocenters. The molecule has 6 heteroatoms. The fourth-order valence-corrected chi connectivity index (χ4v) is 4.31. The standard InChI is InChI=1S/C22H32FN5/c1-13(2)28-7-5-15(6-8-28)17-9-16-10-20(27-21(16)11-19(17)23)14(3)18(12-24)22(25)26-4/h9,11-13,15,20,27H,3,5-8,10,24H2,1-2,4H3,(H2,25,26). The van der Waals surface area contributed by atoms with Crippen molar-refractivity contribution in [3.8, 4) is 0 Å². The van der Waals surface area contributed by atoms with Gasteiger partial charge in [0.15, 0.2) is 0 Å². The highest BCUT2D eigenvalue weighted by atomic mass is 19.1. The third-order valence-corrected chi connectivity index (χ3v) is 6.13. The van der Waals surface area contributed by atoms with E-state index in [2.05, 4.69) is 35.6 Å². The molecule has 0 amide bonds. The maximum Gasteiger partial charge on any atom is 0.128 e. The molecule has 1 saturated heterocycles. The van der Waals surface area contributed by atoms with Crippen LogP contribution < -0.4 is 16.8 Å². The summed E-state index contributed by atoms with van der Waals surface area (Å²) in [5.74, 6) is 0.517. The summed E-state index contributed by atoms with van der Waals surface area (Å²) < 4.78 is 14.9. The molecule has 0 spiro atoms. The fraction of sp³-hybridized carbons (Fsp3) is 0.500. The molecule has 152 valence electrons. The van der Waals surface area contributed by atoms with Gasteiger partial charge in [0, 0.05) is 30.5 Å². The van der Waals surface area contributed by atoms with Crippen molar-refractivity contribution in [1.29, 1.82) is 0 Å². The van der Waals surface area contributed by atoms with Gasteiger partial charge in [-0.1, -0.05) is 12.6 Å². The van der Waals surface area contributed by atoms with Crippen LogP contribution in [0.1, 0.15) is 43.7 Å². The van der Waals surface area contributed by atoms with E-state index in [9.17, 15) is 4.39 Å². The first-order chi connectivity index (χ1) is 13.3. The molecular weight excluding hydrogens is 353 g/mol. The van der Waals surface area contributed by atoms with Gasteiger partial charge in [0.25, 0.3) is 0 Å². The van der Waals surface area contributed by atoms with E-state index in [-0.39, 0.29) is 17.8 Å². The zero-order valence-corrected chi connectivity index (χ0v) is 17.1. The van der Waals surface area contributed by atoms with Crippen LogP contribution in [0.25, 0.3) is 0 Å². The van der Waals surface area contributed by atoms with Crippen LogP contribution in [0.3, 0.4) is 0 Å². The monoisotopic (exact) mass is 385 g/mol. The molecule has 0 saturated carbocycles. The molecular formula is C22H32FN5. The van der Waals surface area contributed by atoms with E-state index >= 15 is 0 Å². The van der Waals surface area contributed by atoms with Gasteiger partial charge in [0.2, 0.25) is 0 Å². The Morgan fingerprint density at radius 1 is 1.36 bits per heavy atom. The molecule has 0 radical (unpaired) electrons. The molecule has 1 fully saturated rings. The summed E-state index contributed by atoms with van der Waals surface area (Å²) >= 11 is 0. The van der Waals surface area contributed by atoms with E-state index in [1.54, 1.807) is 13.1 Å². The van der Waals surface area contributed by atoms with E-state index in [1.165, 1.54) is 6.20 Å². The summed E-state index contributed by atoms with van der Waals surface area (Å²) in [5, 5.41) is 3.37. The van der Waals surface area contributed by atoms with Crippen molar-refractivity contribution in [1.82, 2.24) is 4.90 Å². The lowest BCUT2D eigenvalue weighted by Gasteiger charge is -2.35. The summed E-state index contributed by atoms with van der Waals surface area (Å²) in [4.78, 5) is 6.46. The number of rotatable bonds is 5. The number of hydrogen-bond acceptors (Lipinski definition) is 4. The Morgan fingerprint density at radius 3 is 2.61 bits per heavy atom. The maximum absolute atomic E-state index is 14.9. The molecule has 2 heterocycles. The number of likely N-dealkylation sites (tertiary alicyclic amines) is 1. The number of aliphatic imine (C=N–C) groups is 1. The number of piperidine rings is 1. The van der Waals surface area contributed by atoms with E-state index < -0.39 is 0 Å². The second-order valence-corrected chi connectivity index (χ2v) is 8.05. The summed E-state index contributed by atoms with van der Waals surface area (Å²) in [6, 6.07) is 4.16. The van der Waals surface area contributed by atoms with Crippen LogP contribution in [0.4, 0.5) is 10.1 Å². The molecule has 1 aromatic carbocycles. The lowest BCUT2D eigenvalue weighted by Crippen LogP contribution is -2.38. The third kappa shape index (κ3) is 3.92. The van der Waals surface area contributed by atoms with Crippen LogP contribution in [0.15, 0.2) is 41.1 Å². The Hall–Kier alpha value is -2.34. The molecule has 0 aliphatic carbocycles. The second kappa shape index (κ2) is 8.35. The van der Waals surface area contributed by atoms with Crippen molar-refractivity contribution >= 4 is 11.5 Å². The zero-order chi connectivity index (χ0) is 20.4. The number of fused-ring (bicyclic) bond motifs is 1. The molecule has 0 bridgehead atoms. The van der Waals surface area contributed by atoms with Gasteiger partial charge in [-0.15, -0.1) is 0 Å². The average molecular weight is 386 g/mol. The first-order valence-electron chi connectivity index (χ1n) is 10.0. The van der Waals surface area contributed by atoms with Crippen LogP contribution >= 0.6 is 0 Å². The third-order valence-electron chi connectivity index (χ3n) is 6.13. The van der Waals surface area contributed by atoms with Crippen LogP contribution in [-0.2, 0) is 6.42 Å². The Morgan fingerprint density at radius 2 is 2.04 bits per heavy atom. The molecule has 1 atom stereocenters. The number of amidine groups is 1. The summed E-state index contributed by atoms with van der Waals surface area (Å²) in [5.41, 5.74) is 15.9. The highest BCUT2D eigenvalue weighted by Gasteiger charge is 2.29. The van der Waals surface area contributed by atoms with Crippen LogP contribution in [0.5, 0.6) is 0 Å². The minimum atomic E-state index is -0.121. The number of nitrogens with zero attached hydrogens (tertiary/aromatic N) is 2.